The summed E-state index contributed by atoms with van der Waals surface area (Å²) in [6.07, 6.45) is 0. The molecule has 0 aliphatic rings. The van der Waals surface area contributed by atoms with Crippen molar-refractivity contribution in [2.45, 2.75) is 23.6 Å². The van der Waals surface area contributed by atoms with Crippen LogP contribution in [0.5, 0.6) is 0 Å². The Bertz CT molecular complexity index is 798. The fraction of sp³-hybridized carbons (Fsp3) is 0.143. The van der Waals surface area contributed by atoms with E-state index >= 15 is 0 Å². The number of nitrogens with zero attached hydrogens (tertiary/aromatic N) is 1. The topological polar surface area (TPSA) is 82.4 Å². The van der Waals surface area contributed by atoms with E-state index in [9.17, 15) is 16.8 Å². The Hall–Kier alpha value is -1.70. The predicted molar refractivity (Wildman–Crippen MR) is 80.1 cm³/mol. The molecule has 0 heterocycles. The molecule has 0 fully saturated rings. The summed E-state index contributed by atoms with van der Waals surface area (Å²) in [5.74, 6) is 0. The number of sulfonamides is 2. The van der Waals surface area contributed by atoms with Crippen LogP contribution in [0.3, 0.4) is 0 Å². The average Bonchev–Trinajstić information content (AvgIpc) is 2.37. The SMILES string of the molecule is Cc1cccc(S(=O)(=O)[N-]S(=O)(=O)c2cccc(C)c2)c1. The lowest BCUT2D eigenvalue weighted by molar-refractivity contribution is 0.595. The minimum atomic E-state index is -4.26. The molecule has 5 nitrogen and oxygen atoms in total. The number of hydrogen-bond acceptors (Lipinski definition) is 4. The van der Waals surface area contributed by atoms with E-state index in [0.717, 1.165) is 0 Å². The van der Waals surface area contributed by atoms with E-state index in [1.54, 1.807) is 26.0 Å². The van der Waals surface area contributed by atoms with Crippen LogP contribution in [0.15, 0.2) is 58.3 Å². The molecule has 112 valence electrons. The van der Waals surface area contributed by atoms with Crippen LogP contribution in [-0.4, -0.2) is 16.8 Å². The second kappa shape index (κ2) is 5.59. The van der Waals surface area contributed by atoms with Crippen molar-refractivity contribution < 1.29 is 16.8 Å². The zero-order valence-corrected chi connectivity index (χ0v) is 13.1. The first-order valence-corrected chi connectivity index (χ1v) is 8.96. The molecule has 0 atom stereocenters. The quantitative estimate of drug-likeness (QED) is 0.866. The largest absolute Gasteiger partial charge is 0.428 e. The van der Waals surface area contributed by atoms with Gasteiger partial charge >= 0.3 is 0 Å². The molecule has 0 aromatic heterocycles. The van der Waals surface area contributed by atoms with Gasteiger partial charge in [-0.2, -0.15) is 0 Å². The van der Waals surface area contributed by atoms with Crippen LogP contribution in [0.25, 0.3) is 4.13 Å². The van der Waals surface area contributed by atoms with E-state index in [-0.39, 0.29) is 9.79 Å². The summed E-state index contributed by atoms with van der Waals surface area (Å²) < 4.78 is 51.6. The lowest BCUT2D eigenvalue weighted by atomic mass is 10.2. The molecule has 2 aromatic rings. The van der Waals surface area contributed by atoms with Gasteiger partial charge < -0.3 is 4.13 Å². The van der Waals surface area contributed by atoms with Crippen LogP contribution in [0.1, 0.15) is 11.1 Å². The van der Waals surface area contributed by atoms with Crippen molar-refractivity contribution in [3.8, 4) is 0 Å². The maximum Gasteiger partial charge on any atom is 0.112 e. The maximum absolute atomic E-state index is 12.1. The Morgan fingerprint density at radius 2 is 1.10 bits per heavy atom. The minimum absolute atomic E-state index is 0.140. The van der Waals surface area contributed by atoms with Crippen molar-refractivity contribution in [3.63, 3.8) is 0 Å². The minimum Gasteiger partial charge on any atom is -0.428 e. The highest BCUT2D eigenvalue weighted by Gasteiger charge is 2.13. The van der Waals surface area contributed by atoms with E-state index in [2.05, 4.69) is 4.13 Å². The molecule has 2 rings (SSSR count). The third-order valence-corrected chi connectivity index (χ3v) is 6.04. The maximum atomic E-state index is 12.1. The van der Waals surface area contributed by atoms with Gasteiger partial charge in [-0.05, 0) is 49.2 Å². The Morgan fingerprint density at radius 3 is 1.43 bits per heavy atom. The summed E-state index contributed by atoms with van der Waals surface area (Å²) in [4.78, 5) is -0.280. The van der Waals surface area contributed by atoms with E-state index in [1.165, 1.54) is 36.4 Å². The highest BCUT2D eigenvalue weighted by molar-refractivity contribution is 8.12. The van der Waals surface area contributed by atoms with Crippen molar-refractivity contribution in [1.82, 2.24) is 0 Å². The lowest BCUT2D eigenvalue weighted by Crippen LogP contribution is -2.08. The van der Waals surface area contributed by atoms with Gasteiger partial charge in [0.05, 0.1) is 0 Å². The smallest absolute Gasteiger partial charge is 0.112 e. The summed E-state index contributed by atoms with van der Waals surface area (Å²) in [5.41, 5.74) is 1.42. The van der Waals surface area contributed by atoms with Gasteiger partial charge in [0.25, 0.3) is 0 Å². The number of aryl methyl sites for hydroxylation is 2. The van der Waals surface area contributed by atoms with Crippen LogP contribution in [-0.2, 0) is 20.0 Å². The highest BCUT2D eigenvalue weighted by atomic mass is 32.3. The molecule has 7 heteroatoms. The van der Waals surface area contributed by atoms with Crippen LogP contribution in [0.2, 0.25) is 0 Å². The van der Waals surface area contributed by atoms with Crippen molar-refractivity contribution >= 4 is 20.0 Å². The van der Waals surface area contributed by atoms with Gasteiger partial charge in [-0.15, -0.1) is 0 Å². The van der Waals surface area contributed by atoms with Crippen LogP contribution < -0.4 is 0 Å². The molecular weight excluding hydrogens is 310 g/mol. The van der Waals surface area contributed by atoms with Gasteiger partial charge in [-0.3, -0.25) is 0 Å². The second-order valence-corrected chi connectivity index (χ2v) is 8.10. The molecule has 0 spiro atoms. The molecule has 0 amide bonds. The Morgan fingerprint density at radius 1 is 0.714 bits per heavy atom. The summed E-state index contributed by atoms with van der Waals surface area (Å²) in [7, 11) is -8.53. The van der Waals surface area contributed by atoms with Crippen molar-refractivity contribution in [2.75, 3.05) is 0 Å². The summed E-state index contributed by atoms with van der Waals surface area (Å²) in [6, 6.07) is 11.9. The third kappa shape index (κ3) is 3.69. The number of rotatable bonds is 4. The van der Waals surface area contributed by atoms with E-state index in [1.807, 2.05) is 0 Å². The molecule has 0 bridgehead atoms. The fourth-order valence-electron chi connectivity index (χ4n) is 1.77. The molecule has 0 N–H and O–H groups in total. The first kappa shape index (κ1) is 15.7. The Kier molecular flexibility index (Phi) is 4.18. The van der Waals surface area contributed by atoms with Crippen molar-refractivity contribution in [1.29, 1.82) is 0 Å². The molecule has 21 heavy (non-hydrogen) atoms. The molecule has 0 saturated heterocycles. The van der Waals surface area contributed by atoms with Crippen LogP contribution >= 0.6 is 0 Å². The molecule has 0 saturated carbocycles. The van der Waals surface area contributed by atoms with Gasteiger partial charge in [-0.1, -0.05) is 24.3 Å². The summed E-state index contributed by atoms with van der Waals surface area (Å²) in [6.45, 7) is 3.43. The Balaban J connectivity index is 2.40. The molecule has 0 unspecified atom stereocenters. The summed E-state index contributed by atoms with van der Waals surface area (Å²) in [5, 5.41) is 0. The third-order valence-electron chi connectivity index (χ3n) is 2.77. The molecule has 0 aliphatic carbocycles. The van der Waals surface area contributed by atoms with E-state index in [0.29, 0.717) is 11.1 Å². The van der Waals surface area contributed by atoms with E-state index < -0.39 is 20.0 Å². The molecular formula is C14H14NO4S2-. The van der Waals surface area contributed by atoms with Gasteiger partial charge in [0.1, 0.15) is 20.0 Å². The number of benzene rings is 2. The second-order valence-electron chi connectivity index (χ2n) is 4.66. The normalized spacial score (nSPS) is 12.3. The molecule has 2 aromatic carbocycles. The number of hydrogen-bond donors (Lipinski definition) is 0. The van der Waals surface area contributed by atoms with Crippen molar-refractivity contribution in [3.05, 3.63) is 63.8 Å². The highest BCUT2D eigenvalue weighted by Crippen LogP contribution is 2.26. The van der Waals surface area contributed by atoms with Crippen molar-refractivity contribution in [2.24, 2.45) is 0 Å². The first-order chi connectivity index (χ1) is 9.71. The van der Waals surface area contributed by atoms with Crippen LogP contribution in [0, 0.1) is 13.8 Å². The molecule has 0 aliphatic heterocycles. The van der Waals surface area contributed by atoms with Gasteiger partial charge in [0, 0.05) is 9.79 Å². The average molecular weight is 324 g/mol. The zero-order chi connectivity index (χ0) is 15.7. The Labute approximate surface area is 124 Å². The van der Waals surface area contributed by atoms with E-state index in [4.69, 9.17) is 0 Å². The monoisotopic (exact) mass is 324 g/mol. The van der Waals surface area contributed by atoms with Gasteiger partial charge in [0.2, 0.25) is 0 Å². The first-order valence-electron chi connectivity index (χ1n) is 6.08. The van der Waals surface area contributed by atoms with Gasteiger partial charge in [-0.25, -0.2) is 16.8 Å². The van der Waals surface area contributed by atoms with Gasteiger partial charge in [0.15, 0.2) is 0 Å². The summed E-state index contributed by atoms with van der Waals surface area (Å²) >= 11 is 0. The predicted octanol–water partition coefficient (Wildman–Crippen LogP) is 2.75. The molecule has 0 radical (unpaired) electrons. The fourth-order valence-corrected chi connectivity index (χ4v) is 4.66. The standard InChI is InChI=1S/C14H14NO4S2/c1-11-5-3-7-13(9-11)20(16,17)15-21(18,19)14-8-4-6-12(2)10-14/h3-10H,1-2H3/q-1. The lowest BCUT2D eigenvalue weighted by Gasteiger charge is -2.21. The zero-order valence-electron chi connectivity index (χ0n) is 11.5. The van der Waals surface area contributed by atoms with Crippen LogP contribution in [0.4, 0.5) is 0 Å².